The SMILES string of the molecule is CCC1(N(C(=O)c2ccc(F)cc2)C(C(=O)O)C(C)C)OCCO1. The van der Waals surface area contributed by atoms with Gasteiger partial charge in [0.15, 0.2) is 0 Å². The van der Waals surface area contributed by atoms with Crippen molar-refractivity contribution in [3.63, 3.8) is 0 Å². The number of carboxylic acids is 1. The van der Waals surface area contributed by atoms with Gasteiger partial charge in [-0.25, -0.2) is 9.18 Å². The average molecular weight is 339 g/mol. The van der Waals surface area contributed by atoms with Gasteiger partial charge < -0.3 is 14.6 Å². The Morgan fingerprint density at radius 1 is 1.25 bits per heavy atom. The Hall–Kier alpha value is -1.99. The fourth-order valence-electron chi connectivity index (χ4n) is 2.88. The molecule has 1 aliphatic heterocycles. The van der Waals surface area contributed by atoms with Crippen molar-refractivity contribution >= 4 is 11.9 Å². The highest BCUT2D eigenvalue weighted by Gasteiger charge is 2.50. The molecule has 6 nitrogen and oxygen atoms in total. The van der Waals surface area contributed by atoms with Crippen LogP contribution in [-0.2, 0) is 14.3 Å². The minimum atomic E-state index is -1.43. The predicted molar refractivity (Wildman–Crippen MR) is 83.8 cm³/mol. The maximum atomic E-state index is 13.1. The van der Waals surface area contributed by atoms with Crippen LogP contribution in [0.15, 0.2) is 24.3 Å². The molecule has 7 heteroatoms. The molecule has 1 saturated heterocycles. The van der Waals surface area contributed by atoms with Gasteiger partial charge in [-0.2, -0.15) is 0 Å². The van der Waals surface area contributed by atoms with E-state index < -0.39 is 29.6 Å². The lowest BCUT2D eigenvalue weighted by molar-refractivity contribution is -0.255. The highest BCUT2D eigenvalue weighted by molar-refractivity contribution is 5.97. The number of carboxylic acid groups (broad SMARTS) is 1. The van der Waals surface area contributed by atoms with Crippen LogP contribution < -0.4 is 0 Å². The molecule has 0 radical (unpaired) electrons. The van der Waals surface area contributed by atoms with Crippen molar-refractivity contribution in [2.45, 2.75) is 39.1 Å². The number of nitrogens with zero attached hydrogens (tertiary/aromatic N) is 1. The molecule has 1 heterocycles. The summed E-state index contributed by atoms with van der Waals surface area (Å²) in [5.74, 6) is -4.00. The third-order valence-electron chi connectivity index (χ3n) is 4.02. The van der Waals surface area contributed by atoms with Crippen LogP contribution in [0.2, 0.25) is 0 Å². The molecule has 1 aromatic rings. The number of halogens is 1. The summed E-state index contributed by atoms with van der Waals surface area (Å²) in [6, 6.07) is 3.82. The molecular weight excluding hydrogens is 317 g/mol. The smallest absolute Gasteiger partial charge is 0.326 e. The normalized spacial score (nSPS) is 17.7. The largest absolute Gasteiger partial charge is 0.480 e. The van der Waals surface area contributed by atoms with Gasteiger partial charge in [-0.05, 0) is 30.2 Å². The molecule has 0 saturated carbocycles. The maximum absolute atomic E-state index is 13.1. The van der Waals surface area contributed by atoms with Crippen LogP contribution >= 0.6 is 0 Å². The van der Waals surface area contributed by atoms with E-state index in [1.807, 2.05) is 0 Å². The zero-order valence-electron chi connectivity index (χ0n) is 14.0. The lowest BCUT2D eigenvalue weighted by atomic mass is 9.99. The van der Waals surface area contributed by atoms with Crippen molar-refractivity contribution in [3.8, 4) is 0 Å². The fourth-order valence-corrected chi connectivity index (χ4v) is 2.88. The van der Waals surface area contributed by atoms with Crippen molar-refractivity contribution in [1.82, 2.24) is 4.90 Å². The summed E-state index contributed by atoms with van der Waals surface area (Å²) in [6.07, 6.45) is 0.274. The number of benzene rings is 1. The molecule has 24 heavy (non-hydrogen) atoms. The molecule has 0 aliphatic carbocycles. The highest BCUT2D eigenvalue weighted by atomic mass is 19.1. The van der Waals surface area contributed by atoms with Gasteiger partial charge in [-0.3, -0.25) is 9.69 Å². The summed E-state index contributed by atoms with van der Waals surface area (Å²) in [6.45, 7) is 5.72. The topological polar surface area (TPSA) is 76.1 Å². The molecule has 1 aromatic carbocycles. The van der Waals surface area contributed by atoms with Crippen LogP contribution in [0, 0.1) is 11.7 Å². The van der Waals surface area contributed by atoms with Crippen molar-refractivity contribution in [3.05, 3.63) is 35.6 Å². The first-order valence-electron chi connectivity index (χ1n) is 7.92. The average Bonchev–Trinajstić information content (AvgIpc) is 3.01. The molecule has 1 unspecified atom stereocenters. The third-order valence-corrected chi connectivity index (χ3v) is 4.02. The van der Waals surface area contributed by atoms with Gasteiger partial charge in [-0.1, -0.05) is 20.8 Å². The summed E-state index contributed by atoms with van der Waals surface area (Å²) in [5, 5.41) is 9.66. The second kappa shape index (κ2) is 7.27. The molecule has 1 atom stereocenters. The first-order chi connectivity index (χ1) is 11.3. The lowest BCUT2D eigenvalue weighted by Crippen LogP contribution is -2.61. The highest BCUT2D eigenvalue weighted by Crippen LogP contribution is 2.33. The first-order valence-corrected chi connectivity index (χ1v) is 7.92. The van der Waals surface area contributed by atoms with E-state index in [0.717, 1.165) is 17.0 Å². The summed E-state index contributed by atoms with van der Waals surface area (Å²) < 4.78 is 24.4. The van der Waals surface area contributed by atoms with Crippen LogP contribution in [0.4, 0.5) is 4.39 Å². The number of amides is 1. The zero-order valence-corrected chi connectivity index (χ0v) is 14.0. The summed E-state index contributed by atoms with van der Waals surface area (Å²) in [7, 11) is 0. The van der Waals surface area contributed by atoms with E-state index in [1.54, 1.807) is 20.8 Å². The number of aliphatic carboxylic acids is 1. The number of hydrogen-bond donors (Lipinski definition) is 1. The van der Waals surface area contributed by atoms with Gasteiger partial charge in [0, 0.05) is 12.0 Å². The number of carbonyl (C=O) groups is 2. The van der Waals surface area contributed by atoms with E-state index in [9.17, 15) is 19.1 Å². The van der Waals surface area contributed by atoms with E-state index in [-0.39, 0.29) is 31.1 Å². The lowest BCUT2D eigenvalue weighted by Gasteiger charge is -2.42. The monoisotopic (exact) mass is 339 g/mol. The van der Waals surface area contributed by atoms with Gasteiger partial charge in [0.1, 0.15) is 11.9 Å². The van der Waals surface area contributed by atoms with E-state index >= 15 is 0 Å². The number of ether oxygens (including phenoxy) is 2. The van der Waals surface area contributed by atoms with Crippen molar-refractivity contribution in [2.75, 3.05) is 13.2 Å². The van der Waals surface area contributed by atoms with Crippen molar-refractivity contribution < 1.29 is 28.6 Å². The molecule has 1 fully saturated rings. The molecular formula is C17H22FNO5. The second-order valence-electron chi connectivity index (χ2n) is 5.97. The van der Waals surface area contributed by atoms with Crippen molar-refractivity contribution in [2.24, 2.45) is 5.92 Å². The van der Waals surface area contributed by atoms with Gasteiger partial charge in [0.25, 0.3) is 11.8 Å². The zero-order chi connectivity index (χ0) is 17.9. The molecule has 132 valence electrons. The number of hydrogen-bond acceptors (Lipinski definition) is 4. The summed E-state index contributed by atoms with van der Waals surface area (Å²) in [5.41, 5.74) is 0.176. The van der Waals surface area contributed by atoms with Gasteiger partial charge in [0.05, 0.1) is 13.2 Å². The third kappa shape index (κ3) is 3.42. The van der Waals surface area contributed by atoms with E-state index in [2.05, 4.69) is 0 Å². The van der Waals surface area contributed by atoms with Gasteiger partial charge >= 0.3 is 5.97 Å². The first kappa shape index (κ1) is 18.4. The van der Waals surface area contributed by atoms with Crippen LogP contribution in [0.25, 0.3) is 0 Å². The predicted octanol–water partition coefficient (Wildman–Crippen LogP) is 2.49. The molecule has 1 amide bonds. The Kier molecular flexibility index (Phi) is 5.56. The minimum Gasteiger partial charge on any atom is -0.480 e. The van der Waals surface area contributed by atoms with E-state index in [4.69, 9.17) is 9.47 Å². The molecule has 2 rings (SSSR count). The standard InChI is InChI=1S/C17H22FNO5/c1-4-17(23-9-10-24-17)19(14(11(2)3)16(21)22)15(20)12-5-7-13(18)8-6-12/h5-8,11,14H,4,9-10H2,1-3H3,(H,21,22). The molecule has 0 spiro atoms. The fraction of sp³-hybridized carbons (Fsp3) is 0.529. The Bertz CT molecular complexity index is 596. The summed E-state index contributed by atoms with van der Waals surface area (Å²) in [4.78, 5) is 26.0. The van der Waals surface area contributed by atoms with Crippen LogP contribution in [0.5, 0.6) is 0 Å². The molecule has 1 N–H and O–H groups in total. The summed E-state index contributed by atoms with van der Waals surface area (Å²) >= 11 is 0. The molecule has 0 bridgehead atoms. The Morgan fingerprint density at radius 3 is 2.21 bits per heavy atom. The Morgan fingerprint density at radius 2 is 1.79 bits per heavy atom. The quantitative estimate of drug-likeness (QED) is 0.862. The van der Waals surface area contributed by atoms with Gasteiger partial charge in [-0.15, -0.1) is 0 Å². The maximum Gasteiger partial charge on any atom is 0.326 e. The van der Waals surface area contributed by atoms with Crippen LogP contribution in [0.3, 0.4) is 0 Å². The molecule has 1 aliphatic rings. The van der Waals surface area contributed by atoms with Crippen molar-refractivity contribution in [1.29, 1.82) is 0 Å². The number of carbonyl (C=O) groups excluding carboxylic acids is 1. The Labute approximate surface area is 140 Å². The van der Waals surface area contributed by atoms with E-state index in [1.165, 1.54) is 12.1 Å². The van der Waals surface area contributed by atoms with E-state index in [0.29, 0.717) is 0 Å². The Balaban J connectivity index is 2.51. The second-order valence-corrected chi connectivity index (χ2v) is 5.97. The number of rotatable bonds is 6. The molecule has 0 aromatic heterocycles. The van der Waals surface area contributed by atoms with Crippen LogP contribution in [0.1, 0.15) is 37.6 Å². The van der Waals surface area contributed by atoms with Gasteiger partial charge in [0.2, 0.25) is 0 Å². The minimum absolute atomic E-state index is 0.176. The van der Waals surface area contributed by atoms with Crippen LogP contribution in [-0.4, -0.2) is 47.0 Å².